The molecule has 0 saturated carbocycles. The normalized spacial score (nSPS) is 24.2. The molecule has 0 radical (unpaired) electrons. The molecule has 1 aromatic carbocycles. The molecule has 2 N–H and O–H groups in total. The van der Waals surface area contributed by atoms with Crippen molar-refractivity contribution in [3.8, 4) is 5.75 Å². The number of halogens is 3. The third kappa shape index (κ3) is 5.42. The number of nitrogens with two attached hydrogens (primary N) is 1. The van der Waals surface area contributed by atoms with Crippen molar-refractivity contribution in [2.75, 3.05) is 45.9 Å². The maximum atomic E-state index is 13.2. The molecule has 0 aliphatic carbocycles. The van der Waals surface area contributed by atoms with Gasteiger partial charge in [-0.3, -0.25) is 4.99 Å². The van der Waals surface area contributed by atoms with Crippen LogP contribution < -0.4 is 10.5 Å². The molecule has 3 heterocycles. The van der Waals surface area contributed by atoms with Gasteiger partial charge in [0.25, 0.3) is 0 Å². The Balaban J connectivity index is 1.53. The summed E-state index contributed by atoms with van der Waals surface area (Å²) in [5, 5.41) is 0. The van der Waals surface area contributed by atoms with Crippen LogP contribution >= 0.6 is 0 Å². The number of amides is 2. The minimum absolute atomic E-state index is 0.0247. The minimum Gasteiger partial charge on any atom is -0.406 e. The summed E-state index contributed by atoms with van der Waals surface area (Å²) in [6.07, 6.45) is -1.25. The number of urea groups is 1. The van der Waals surface area contributed by atoms with Crippen LogP contribution in [0.25, 0.3) is 0 Å². The molecule has 174 valence electrons. The van der Waals surface area contributed by atoms with Crippen molar-refractivity contribution in [3.05, 3.63) is 41.6 Å². The number of morpholine rings is 1. The predicted molar refractivity (Wildman–Crippen MR) is 113 cm³/mol. The maximum Gasteiger partial charge on any atom is 0.573 e. The molecule has 1 aromatic rings. The number of hydrogen-bond donors (Lipinski definition) is 1. The molecule has 3 aliphatic heterocycles. The topological polar surface area (TPSA) is 80.4 Å². The van der Waals surface area contributed by atoms with Gasteiger partial charge in [0, 0.05) is 56.7 Å². The Morgan fingerprint density at radius 1 is 1.12 bits per heavy atom. The van der Waals surface area contributed by atoms with Gasteiger partial charge in [-0.1, -0.05) is 18.2 Å². The highest BCUT2D eigenvalue weighted by atomic mass is 19.4. The van der Waals surface area contributed by atoms with Crippen LogP contribution in [0.15, 0.2) is 41.0 Å². The molecule has 7 nitrogen and oxygen atoms in total. The average molecular weight is 452 g/mol. The van der Waals surface area contributed by atoms with Crippen molar-refractivity contribution in [3.63, 3.8) is 0 Å². The molecule has 0 aromatic heterocycles. The monoisotopic (exact) mass is 452 g/mol. The lowest BCUT2D eigenvalue weighted by atomic mass is 9.82. The molecule has 2 fully saturated rings. The number of carbonyl (C=O) groups is 1. The zero-order chi connectivity index (χ0) is 22.7. The zero-order valence-corrected chi connectivity index (χ0v) is 17.7. The number of aliphatic imine (C=N–C) groups is 1. The van der Waals surface area contributed by atoms with Gasteiger partial charge in [-0.2, -0.15) is 0 Å². The molecule has 0 bridgehead atoms. The van der Waals surface area contributed by atoms with Crippen molar-refractivity contribution in [1.29, 1.82) is 0 Å². The smallest absolute Gasteiger partial charge is 0.406 e. The molecule has 4 rings (SSSR count). The molecule has 2 atom stereocenters. The number of alkyl halides is 3. The number of benzene rings is 1. The van der Waals surface area contributed by atoms with E-state index in [1.54, 1.807) is 17.0 Å². The summed E-state index contributed by atoms with van der Waals surface area (Å²) in [5.74, 6) is -0.222. The Kier molecular flexibility index (Phi) is 6.71. The quantitative estimate of drug-likeness (QED) is 0.761. The van der Waals surface area contributed by atoms with Gasteiger partial charge in [-0.25, -0.2) is 4.79 Å². The van der Waals surface area contributed by atoms with E-state index in [4.69, 9.17) is 10.5 Å². The molecular weight excluding hydrogens is 425 g/mol. The summed E-state index contributed by atoms with van der Waals surface area (Å²) in [6, 6.07) is 5.89. The molecule has 2 unspecified atom stereocenters. The second kappa shape index (κ2) is 9.50. The number of piperidine rings is 1. The van der Waals surface area contributed by atoms with Gasteiger partial charge in [0.2, 0.25) is 0 Å². The lowest BCUT2D eigenvalue weighted by Gasteiger charge is -2.41. The van der Waals surface area contributed by atoms with Gasteiger partial charge >= 0.3 is 12.4 Å². The minimum atomic E-state index is -4.73. The summed E-state index contributed by atoms with van der Waals surface area (Å²) in [7, 11) is 0. The molecular formula is C22H27F3N4O3. The van der Waals surface area contributed by atoms with Gasteiger partial charge < -0.3 is 25.0 Å². The van der Waals surface area contributed by atoms with E-state index in [0.29, 0.717) is 52.4 Å². The van der Waals surface area contributed by atoms with Crippen LogP contribution in [0.1, 0.15) is 24.3 Å². The van der Waals surface area contributed by atoms with Crippen LogP contribution in [0.2, 0.25) is 0 Å². The molecule has 2 amide bonds. The number of allylic oxidation sites excluding steroid dienone is 1. The summed E-state index contributed by atoms with van der Waals surface area (Å²) >= 11 is 0. The highest BCUT2D eigenvalue weighted by Crippen LogP contribution is 2.35. The van der Waals surface area contributed by atoms with Crippen LogP contribution in [0.4, 0.5) is 18.0 Å². The van der Waals surface area contributed by atoms with Crippen LogP contribution in [0.3, 0.4) is 0 Å². The van der Waals surface area contributed by atoms with Crippen LogP contribution in [-0.4, -0.2) is 73.8 Å². The van der Waals surface area contributed by atoms with E-state index in [2.05, 4.69) is 9.73 Å². The van der Waals surface area contributed by atoms with Gasteiger partial charge in [0.05, 0.1) is 18.9 Å². The first kappa shape index (κ1) is 22.6. The van der Waals surface area contributed by atoms with Gasteiger partial charge in [0.15, 0.2) is 0 Å². The maximum absolute atomic E-state index is 13.2. The highest BCUT2D eigenvalue weighted by molar-refractivity contribution is 5.91. The lowest BCUT2D eigenvalue weighted by Crippen LogP contribution is -2.53. The molecule has 10 heteroatoms. The van der Waals surface area contributed by atoms with E-state index in [0.717, 1.165) is 23.4 Å². The van der Waals surface area contributed by atoms with E-state index in [-0.39, 0.29) is 23.6 Å². The van der Waals surface area contributed by atoms with E-state index in [9.17, 15) is 18.0 Å². The molecule has 0 spiro atoms. The lowest BCUT2D eigenvalue weighted by molar-refractivity contribution is -0.274. The fraction of sp³-hybridized carbons (Fsp3) is 0.545. The standard InChI is InChI=1S/C22H27F3N4O3/c23-22(24,25)32-19-4-1-15(2-5-19)16-11-17(20-6-3-18(12-26)27-20)14-29(13-16)21(30)28-7-9-31-10-8-28/h1-5,16-17H,6-14,26H2. The zero-order valence-electron chi connectivity index (χ0n) is 17.7. The second-order valence-electron chi connectivity index (χ2n) is 8.24. The van der Waals surface area contributed by atoms with Crippen molar-refractivity contribution in [2.24, 2.45) is 16.6 Å². The SMILES string of the molecule is NCC1=CCC(C2CC(c3ccc(OC(F)(F)F)cc3)CN(C(=O)N3CCOCC3)C2)=N1. The van der Waals surface area contributed by atoms with E-state index < -0.39 is 6.36 Å². The fourth-order valence-corrected chi connectivity index (χ4v) is 4.52. The van der Waals surface area contributed by atoms with Gasteiger partial charge in [-0.05, 0) is 24.1 Å². The Hall–Kier alpha value is -2.59. The number of ether oxygens (including phenoxy) is 2. The number of nitrogens with zero attached hydrogens (tertiary/aromatic N) is 3. The second-order valence-corrected chi connectivity index (χ2v) is 8.24. The Bertz CT molecular complexity index is 879. The van der Waals surface area contributed by atoms with Crippen molar-refractivity contribution >= 4 is 11.7 Å². The molecule has 32 heavy (non-hydrogen) atoms. The number of rotatable bonds is 4. The summed E-state index contributed by atoms with van der Waals surface area (Å²) in [5.41, 5.74) is 8.45. The van der Waals surface area contributed by atoms with Crippen LogP contribution in [0, 0.1) is 5.92 Å². The van der Waals surface area contributed by atoms with Crippen molar-refractivity contribution < 1.29 is 27.4 Å². The van der Waals surface area contributed by atoms with E-state index >= 15 is 0 Å². The number of carbonyl (C=O) groups excluding carboxylic acids is 1. The first-order chi connectivity index (χ1) is 15.3. The van der Waals surface area contributed by atoms with Crippen LogP contribution in [0.5, 0.6) is 5.75 Å². The average Bonchev–Trinajstić information content (AvgIpc) is 3.28. The third-order valence-electron chi connectivity index (χ3n) is 6.10. The fourth-order valence-electron chi connectivity index (χ4n) is 4.52. The van der Waals surface area contributed by atoms with E-state index in [1.807, 2.05) is 11.0 Å². The van der Waals surface area contributed by atoms with Crippen LogP contribution in [-0.2, 0) is 4.74 Å². The first-order valence-electron chi connectivity index (χ1n) is 10.8. The summed E-state index contributed by atoms with van der Waals surface area (Å²) in [4.78, 5) is 21.5. The van der Waals surface area contributed by atoms with Crippen molar-refractivity contribution in [1.82, 2.24) is 9.80 Å². The predicted octanol–water partition coefficient (Wildman–Crippen LogP) is 3.13. The highest BCUT2D eigenvalue weighted by Gasteiger charge is 2.36. The third-order valence-corrected chi connectivity index (χ3v) is 6.10. The Labute approximate surface area is 184 Å². The first-order valence-corrected chi connectivity index (χ1v) is 10.8. The number of likely N-dealkylation sites (tertiary alicyclic amines) is 1. The Morgan fingerprint density at radius 2 is 1.81 bits per heavy atom. The van der Waals surface area contributed by atoms with Gasteiger partial charge in [0.1, 0.15) is 5.75 Å². The van der Waals surface area contributed by atoms with Crippen molar-refractivity contribution in [2.45, 2.75) is 25.1 Å². The number of hydrogen-bond acceptors (Lipinski definition) is 5. The van der Waals surface area contributed by atoms with Gasteiger partial charge in [-0.15, -0.1) is 13.2 Å². The largest absolute Gasteiger partial charge is 0.573 e. The summed E-state index contributed by atoms with van der Waals surface area (Å²) in [6.45, 7) is 3.56. The molecule has 3 aliphatic rings. The Morgan fingerprint density at radius 3 is 2.44 bits per heavy atom. The molecule has 2 saturated heterocycles. The van der Waals surface area contributed by atoms with E-state index in [1.165, 1.54) is 12.1 Å². The summed E-state index contributed by atoms with van der Waals surface area (Å²) < 4.78 is 46.8.